The molecule has 98 valence electrons. The second kappa shape index (κ2) is 5.49. The predicted molar refractivity (Wildman–Crippen MR) is 66.3 cm³/mol. The SMILES string of the molecule is CC(NC(=O)C(C)(C)CN)C(=O)N1CCCC1. The molecule has 0 bridgehead atoms. The number of rotatable bonds is 4. The van der Waals surface area contributed by atoms with Crippen LogP contribution in [0.4, 0.5) is 0 Å². The third kappa shape index (κ3) is 3.43. The van der Waals surface area contributed by atoms with Crippen molar-refractivity contribution in [2.24, 2.45) is 11.1 Å². The Bertz CT molecular complexity index is 296. The van der Waals surface area contributed by atoms with Gasteiger partial charge in [0.1, 0.15) is 6.04 Å². The minimum absolute atomic E-state index is 0.00340. The Morgan fingerprint density at radius 1 is 1.35 bits per heavy atom. The molecule has 5 nitrogen and oxygen atoms in total. The summed E-state index contributed by atoms with van der Waals surface area (Å²) in [5, 5.41) is 2.74. The van der Waals surface area contributed by atoms with E-state index >= 15 is 0 Å². The van der Waals surface area contributed by atoms with Crippen LogP contribution in [-0.4, -0.2) is 42.4 Å². The number of hydrogen-bond acceptors (Lipinski definition) is 3. The molecule has 1 fully saturated rings. The van der Waals surface area contributed by atoms with Crippen molar-refractivity contribution in [3.8, 4) is 0 Å². The summed E-state index contributed by atoms with van der Waals surface area (Å²) in [6, 6.07) is -0.466. The second-order valence-corrected chi connectivity index (χ2v) is 5.32. The first kappa shape index (κ1) is 14.0. The van der Waals surface area contributed by atoms with E-state index in [-0.39, 0.29) is 18.4 Å². The van der Waals surface area contributed by atoms with E-state index in [0.29, 0.717) is 0 Å². The molecule has 1 aliphatic rings. The molecule has 5 heteroatoms. The summed E-state index contributed by atoms with van der Waals surface area (Å²) in [6.07, 6.45) is 2.11. The van der Waals surface area contributed by atoms with Gasteiger partial charge in [-0.3, -0.25) is 9.59 Å². The summed E-state index contributed by atoms with van der Waals surface area (Å²) in [6.45, 7) is 7.15. The van der Waals surface area contributed by atoms with Crippen molar-refractivity contribution in [1.82, 2.24) is 10.2 Å². The number of nitrogens with one attached hydrogen (secondary N) is 1. The van der Waals surface area contributed by atoms with Gasteiger partial charge in [0.2, 0.25) is 11.8 Å². The van der Waals surface area contributed by atoms with E-state index in [1.807, 2.05) is 0 Å². The summed E-state index contributed by atoms with van der Waals surface area (Å²) in [4.78, 5) is 25.6. The van der Waals surface area contributed by atoms with E-state index in [1.165, 1.54) is 0 Å². The van der Waals surface area contributed by atoms with Crippen molar-refractivity contribution in [2.45, 2.75) is 39.7 Å². The fourth-order valence-corrected chi connectivity index (χ4v) is 1.76. The lowest BCUT2D eigenvalue weighted by Crippen LogP contribution is -2.51. The quantitative estimate of drug-likeness (QED) is 0.733. The van der Waals surface area contributed by atoms with Crippen LogP contribution < -0.4 is 11.1 Å². The molecule has 0 aromatic carbocycles. The Hall–Kier alpha value is -1.10. The molecule has 0 aliphatic carbocycles. The Morgan fingerprint density at radius 2 is 1.88 bits per heavy atom. The highest BCUT2D eigenvalue weighted by molar-refractivity contribution is 5.89. The predicted octanol–water partition coefficient (Wildman–Crippen LogP) is 0.0984. The molecule has 17 heavy (non-hydrogen) atoms. The zero-order chi connectivity index (χ0) is 13.1. The second-order valence-electron chi connectivity index (χ2n) is 5.32. The molecule has 1 heterocycles. The maximum atomic E-state index is 12.0. The smallest absolute Gasteiger partial charge is 0.244 e. The maximum absolute atomic E-state index is 12.0. The zero-order valence-corrected chi connectivity index (χ0v) is 11.0. The standard InChI is InChI=1S/C12H23N3O2/c1-9(10(16)15-6-4-5-7-15)14-11(17)12(2,3)8-13/h9H,4-8,13H2,1-3H3,(H,14,17). The minimum atomic E-state index is -0.625. The van der Waals surface area contributed by atoms with Gasteiger partial charge in [0.15, 0.2) is 0 Å². The molecule has 1 unspecified atom stereocenters. The van der Waals surface area contributed by atoms with Gasteiger partial charge in [0, 0.05) is 19.6 Å². The lowest BCUT2D eigenvalue weighted by atomic mass is 9.92. The molecule has 3 N–H and O–H groups in total. The first-order chi connectivity index (χ1) is 7.88. The van der Waals surface area contributed by atoms with Crippen LogP contribution in [0.25, 0.3) is 0 Å². The third-order valence-electron chi connectivity index (χ3n) is 3.26. The third-order valence-corrected chi connectivity index (χ3v) is 3.26. The van der Waals surface area contributed by atoms with Crippen molar-refractivity contribution in [3.05, 3.63) is 0 Å². The summed E-state index contributed by atoms with van der Waals surface area (Å²) >= 11 is 0. The lowest BCUT2D eigenvalue weighted by Gasteiger charge is -2.26. The summed E-state index contributed by atoms with van der Waals surface area (Å²) in [5.74, 6) is -0.163. The van der Waals surface area contributed by atoms with Crippen LogP contribution in [0.2, 0.25) is 0 Å². The van der Waals surface area contributed by atoms with Crippen LogP contribution in [0.5, 0.6) is 0 Å². The highest BCUT2D eigenvalue weighted by Crippen LogP contribution is 2.14. The number of amides is 2. The molecular formula is C12H23N3O2. The Morgan fingerprint density at radius 3 is 2.35 bits per heavy atom. The first-order valence-electron chi connectivity index (χ1n) is 6.18. The average Bonchev–Trinajstić information content (AvgIpc) is 2.81. The molecule has 1 saturated heterocycles. The van der Waals surface area contributed by atoms with Crippen LogP contribution >= 0.6 is 0 Å². The topological polar surface area (TPSA) is 75.4 Å². The van der Waals surface area contributed by atoms with Gasteiger partial charge in [0.05, 0.1) is 5.41 Å². The van der Waals surface area contributed by atoms with Crippen molar-refractivity contribution < 1.29 is 9.59 Å². The van der Waals surface area contributed by atoms with Gasteiger partial charge in [-0.05, 0) is 33.6 Å². The largest absolute Gasteiger partial charge is 0.344 e. The monoisotopic (exact) mass is 241 g/mol. The zero-order valence-electron chi connectivity index (χ0n) is 11.0. The van der Waals surface area contributed by atoms with Crippen LogP contribution in [0.15, 0.2) is 0 Å². The van der Waals surface area contributed by atoms with Gasteiger partial charge >= 0.3 is 0 Å². The number of nitrogens with zero attached hydrogens (tertiary/aromatic N) is 1. The molecule has 0 spiro atoms. The van der Waals surface area contributed by atoms with Gasteiger partial charge in [-0.15, -0.1) is 0 Å². The Labute approximate surface area is 103 Å². The molecule has 2 amide bonds. The molecule has 0 aromatic rings. The number of carbonyl (C=O) groups is 2. The first-order valence-corrected chi connectivity index (χ1v) is 6.18. The van der Waals surface area contributed by atoms with Crippen LogP contribution in [0.3, 0.4) is 0 Å². The molecule has 1 rings (SSSR count). The highest BCUT2D eigenvalue weighted by atomic mass is 16.2. The van der Waals surface area contributed by atoms with E-state index in [1.54, 1.807) is 25.7 Å². The fourth-order valence-electron chi connectivity index (χ4n) is 1.76. The summed E-state index contributed by atoms with van der Waals surface area (Å²) in [7, 11) is 0. The Balaban J connectivity index is 2.51. The molecule has 0 saturated carbocycles. The summed E-state index contributed by atoms with van der Waals surface area (Å²) in [5.41, 5.74) is 4.90. The fraction of sp³-hybridized carbons (Fsp3) is 0.833. The van der Waals surface area contributed by atoms with E-state index in [2.05, 4.69) is 5.32 Å². The van der Waals surface area contributed by atoms with Crippen molar-refractivity contribution in [2.75, 3.05) is 19.6 Å². The number of hydrogen-bond donors (Lipinski definition) is 2. The van der Waals surface area contributed by atoms with Gasteiger partial charge in [-0.1, -0.05) is 0 Å². The van der Waals surface area contributed by atoms with Crippen LogP contribution in [0.1, 0.15) is 33.6 Å². The lowest BCUT2D eigenvalue weighted by molar-refractivity contribution is -0.137. The van der Waals surface area contributed by atoms with E-state index in [4.69, 9.17) is 5.73 Å². The van der Waals surface area contributed by atoms with Gasteiger partial charge in [-0.25, -0.2) is 0 Å². The van der Waals surface area contributed by atoms with Crippen LogP contribution in [-0.2, 0) is 9.59 Å². The average molecular weight is 241 g/mol. The van der Waals surface area contributed by atoms with Crippen molar-refractivity contribution in [1.29, 1.82) is 0 Å². The van der Waals surface area contributed by atoms with E-state index in [9.17, 15) is 9.59 Å². The number of likely N-dealkylation sites (tertiary alicyclic amines) is 1. The number of carbonyl (C=O) groups excluding carboxylic acids is 2. The van der Waals surface area contributed by atoms with Crippen molar-refractivity contribution in [3.63, 3.8) is 0 Å². The molecular weight excluding hydrogens is 218 g/mol. The number of nitrogens with two attached hydrogens (primary N) is 1. The Kier molecular flexibility index (Phi) is 4.51. The van der Waals surface area contributed by atoms with Gasteiger partial charge in [-0.2, -0.15) is 0 Å². The van der Waals surface area contributed by atoms with E-state index in [0.717, 1.165) is 25.9 Å². The minimum Gasteiger partial charge on any atom is -0.344 e. The van der Waals surface area contributed by atoms with E-state index < -0.39 is 11.5 Å². The van der Waals surface area contributed by atoms with Gasteiger partial charge in [0.25, 0.3) is 0 Å². The van der Waals surface area contributed by atoms with Crippen LogP contribution in [0, 0.1) is 5.41 Å². The molecule has 0 aromatic heterocycles. The molecule has 1 aliphatic heterocycles. The molecule has 0 radical (unpaired) electrons. The highest BCUT2D eigenvalue weighted by Gasteiger charge is 2.30. The van der Waals surface area contributed by atoms with Crippen molar-refractivity contribution >= 4 is 11.8 Å². The summed E-state index contributed by atoms with van der Waals surface area (Å²) < 4.78 is 0. The normalized spacial score (nSPS) is 18.0. The van der Waals surface area contributed by atoms with Gasteiger partial charge < -0.3 is 16.0 Å². The molecule has 1 atom stereocenters. The maximum Gasteiger partial charge on any atom is 0.244 e.